The van der Waals surface area contributed by atoms with Crippen molar-refractivity contribution in [2.75, 3.05) is 0 Å². The van der Waals surface area contributed by atoms with Crippen LogP contribution in [0.5, 0.6) is 5.75 Å². The molecule has 0 saturated carbocycles. The highest BCUT2D eigenvalue weighted by atomic mass is 35.5. The molecule has 1 aromatic heterocycles. The molecule has 0 bridgehead atoms. The molecule has 0 aliphatic rings. The number of hydrogen-bond acceptors (Lipinski definition) is 3. The number of hydrogen-bond donors (Lipinski definition) is 1. The zero-order valence-corrected chi connectivity index (χ0v) is 15.9. The number of rotatable bonds is 7. The normalized spacial score (nSPS) is 13.4. The van der Waals surface area contributed by atoms with Crippen molar-refractivity contribution in [3.63, 3.8) is 0 Å². The van der Waals surface area contributed by atoms with Gasteiger partial charge in [0, 0.05) is 40.5 Å². The Morgan fingerprint density at radius 1 is 1.15 bits per heavy atom. The van der Waals surface area contributed by atoms with Crippen molar-refractivity contribution in [1.29, 1.82) is 0 Å². The van der Waals surface area contributed by atoms with Gasteiger partial charge in [-0.2, -0.15) is 0 Å². The fourth-order valence-corrected chi connectivity index (χ4v) is 3.18. The Hall–Kier alpha value is -2.01. The van der Waals surface area contributed by atoms with Gasteiger partial charge in [-0.05, 0) is 29.8 Å². The predicted molar refractivity (Wildman–Crippen MR) is 104 cm³/mol. The maximum Gasteiger partial charge on any atom is 0.119 e. The average Bonchev–Trinajstić information content (AvgIpc) is 3.14. The molecule has 1 heterocycles. The number of aromatic nitrogens is 2. The van der Waals surface area contributed by atoms with Crippen LogP contribution < -0.4 is 4.74 Å². The molecule has 0 fully saturated rings. The first-order chi connectivity index (χ1) is 12.5. The van der Waals surface area contributed by atoms with Crippen LogP contribution in [0.25, 0.3) is 0 Å². The second kappa shape index (κ2) is 8.58. The van der Waals surface area contributed by atoms with E-state index in [9.17, 15) is 5.11 Å². The minimum absolute atomic E-state index is 0.0591. The largest absolute Gasteiger partial charge is 0.489 e. The standard InChI is InChI=1S/C20H20Cl2N2O2/c1-14(11-24-9-8-23-13-24)20(25)15-3-6-18(7-4-15)26-12-16-2-5-17(21)10-19(16)22/h2-10,13-14,20,25H,11-12H2,1H3. The molecule has 0 aliphatic carbocycles. The monoisotopic (exact) mass is 390 g/mol. The molecule has 0 radical (unpaired) electrons. The molecule has 3 aromatic rings. The molecule has 2 unspecified atom stereocenters. The summed E-state index contributed by atoms with van der Waals surface area (Å²) in [5.41, 5.74) is 1.73. The molecule has 3 rings (SSSR count). The molecule has 1 N–H and O–H groups in total. The summed E-state index contributed by atoms with van der Waals surface area (Å²) in [4.78, 5) is 4.02. The first kappa shape index (κ1) is 18.8. The molecule has 0 saturated heterocycles. The highest BCUT2D eigenvalue weighted by molar-refractivity contribution is 6.35. The van der Waals surface area contributed by atoms with Gasteiger partial charge in [0.2, 0.25) is 0 Å². The van der Waals surface area contributed by atoms with Crippen LogP contribution in [0.1, 0.15) is 24.2 Å². The average molecular weight is 391 g/mol. The van der Waals surface area contributed by atoms with Crippen molar-refractivity contribution in [2.45, 2.75) is 26.2 Å². The van der Waals surface area contributed by atoms with Crippen LogP contribution >= 0.6 is 23.2 Å². The first-order valence-corrected chi connectivity index (χ1v) is 9.09. The SMILES string of the molecule is CC(Cn1ccnc1)C(O)c1ccc(OCc2ccc(Cl)cc2Cl)cc1. The number of halogens is 2. The minimum atomic E-state index is -0.558. The van der Waals surface area contributed by atoms with E-state index in [4.69, 9.17) is 27.9 Å². The van der Waals surface area contributed by atoms with Crippen LogP contribution in [0.4, 0.5) is 0 Å². The van der Waals surface area contributed by atoms with Crippen LogP contribution in [0.3, 0.4) is 0 Å². The van der Waals surface area contributed by atoms with Crippen LogP contribution in [0.15, 0.2) is 61.2 Å². The van der Waals surface area contributed by atoms with E-state index in [0.717, 1.165) is 11.1 Å². The minimum Gasteiger partial charge on any atom is -0.489 e. The fourth-order valence-electron chi connectivity index (χ4n) is 2.72. The van der Waals surface area contributed by atoms with Crippen LogP contribution in [-0.4, -0.2) is 14.7 Å². The summed E-state index contributed by atoms with van der Waals surface area (Å²) in [5.74, 6) is 0.776. The number of aliphatic hydroxyl groups is 1. The van der Waals surface area contributed by atoms with Gasteiger partial charge in [-0.25, -0.2) is 4.98 Å². The highest BCUT2D eigenvalue weighted by Gasteiger charge is 2.17. The van der Waals surface area contributed by atoms with Crippen molar-refractivity contribution in [2.24, 2.45) is 5.92 Å². The Kier molecular flexibility index (Phi) is 6.20. The zero-order valence-electron chi connectivity index (χ0n) is 14.3. The van der Waals surface area contributed by atoms with E-state index in [1.54, 1.807) is 24.7 Å². The Morgan fingerprint density at radius 2 is 1.92 bits per heavy atom. The van der Waals surface area contributed by atoms with Crippen molar-refractivity contribution < 1.29 is 9.84 Å². The summed E-state index contributed by atoms with van der Waals surface area (Å²) < 4.78 is 7.73. The lowest BCUT2D eigenvalue weighted by Gasteiger charge is -2.20. The smallest absolute Gasteiger partial charge is 0.119 e. The summed E-state index contributed by atoms with van der Waals surface area (Å²) in [5, 5.41) is 11.7. The predicted octanol–water partition coefficient (Wildman–Crippen LogP) is 5.14. The summed E-state index contributed by atoms with van der Waals surface area (Å²) in [6, 6.07) is 12.8. The van der Waals surface area contributed by atoms with Gasteiger partial charge in [0.25, 0.3) is 0 Å². The summed E-state index contributed by atoms with van der Waals surface area (Å²) >= 11 is 12.0. The summed E-state index contributed by atoms with van der Waals surface area (Å²) in [6.45, 7) is 3.07. The van der Waals surface area contributed by atoms with Gasteiger partial charge < -0.3 is 14.4 Å². The van der Waals surface area contributed by atoms with E-state index in [2.05, 4.69) is 4.98 Å². The Labute approximate surface area is 163 Å². The van der Waals surface area contributed by atoms with E-state index in [-0.39, 0.29) is 5.92 Å². The van der Waals surface area contributed by atoms with Gasteiger partial charge in [0.1, 0.15) is 12.4 Å². The van der Waals surface area contributed by atoms with Crippen LogP contribution in [0.2, 0.25) is 10.0 Å². The van der Waals surface area contributed by atoms with E-state index in [1.165, 1.54) is 0 Å². The molecular weight excluding hydrogens is 371 g/mol. The van der Waals surface area contributed by atoms with E-state index >= 15 is 0 Å². The lowest BCUT2D eigenvalue weighted by atomic mass is 9.97. The zero-order chi connectivity index (χ0) is 18.5. The molecule has 0 aliphatic heterocycles. The molecule has 2 aromatic carbocycles. The molecule has 0 spiro atoms. The Morgan fingerprint density at radius 3 is 2.58 bits per heavy atom. The quantitative estimate of drug-likeness (QED) is 0.607. The summed E-state index contributed by atoms with van der Waals surface area (Å²) in [7, 11) is 0. The highest BCUT2D eigenvalue weighted by Crippen LogP contribution is 2.26. The first-order valence-electron chi connectivity index (χ1n) is 8.33. The number of aliphatic hydroxyl groups excluding tert-OH is 1. The van der Waals surface area contributed by atoms with E-state index < -0.39 is 6.10 Å². The summed E-state index contributed by atoms with van der Waals surface area (Å²) in [6.07, 6.45) is 4.82. The lowest BCUT2D eigenvalue weighted by Crippen LogP contribution is -2.15. The topological polar surface area (TPSA) is 47.3 Å². The lowest BCUT2D eigenvalue weighted by molar-refractivity contribution is 0.107. The number of benzene rings is 2. The van der Waals surface area contributed by atoms with Gasteiger partial charge >= 0.3 is 0 Å². The molecule has 4 nitrogen and oxygen atoms in total. The number of imidazole rings is 1. The van der Waals surface area contributed by atoms with Gasteiger partial charge in [-0.15, -0.1) is 0 Å². The molecular formula is C20H20Cl2N2O2. The van der Waals surface area contributed by atoms with Crippen LogP contribution in [-0.2, 0) is 13.2 Å². The van der Waals surface area contributed by atoms with Crippen molar-refractivity contribution in [3.05, 3.63) is 82.4 Å². The fraction of sp³-hybridized carbons (Fsp3) is 0.250. The third kappa shape index (κ3) is 4.79. The van der Waals surface area contributed by atoms with Gasteiger partial charge in [-0.1, -0.05) is 48.3 Å². The van der Waals surface area contributed by atoms with Gasteiger partial charge in [0.15, 0.2) is 0 Å². The maximum absolute atomic E-state index is 10.5. The molecule has 6 heteroatoms. The van der Waals surface area contributed by atoms with Gasteiger partial charge in [-0.3, -0.25) is 0 Å². The van der Waals surface area contributed by atoms with Crippen molar-refractivity contribution in [3.8, 4) is 5.75 Å². The van der Waals surface area contributed by atoms with Crippen molar-refractivity contribution >= 4 is 23.2 Å². The van der Waals surface area contributed by atoms with E-state index in [0.29, 0.717) is 28.9 Å². The number of nitrogens with zero attached hydrogens (tertiary/aromatic N) is 2. The van der Waals surface area contributed by atoms with Gasteiger partial charge in [0.05, 0.1) is 12.4 Å². The molecule has 0 amide bonds. The second-order valence-corrected chi connectivity index (χ2v) is 7.12. The number of ether oxygens (including phenoxy) is 1. The maximum atomic E-state index is 10.5. The third-order valence-electron chi connectivity index (χ3n) is 4.23. The Balaban J connectivity index is 1.59. The second-order valence-electron chi connectivity index (χ2n) is 6.28. The third-order valence-corrected chi connectivity index (χ3v) is 4.82. The molecule has 2 atom stereocenters. The van der Waals surface area contributed by atoms with Crippen LogP contribution in [0, 0.1) is 5.92 Å². The van der Waals surface area contributed by atoms with Crippen molar-refractivity contribution in [1.82, 2.24) is 9.55 Å². The molecule has 26 heavy (non-hydrogen) atoms. The van der Waals surface area contributed by atoms with E-state index in [1.807, 2.05) is 48.0 Å². The molecule has 136 valence electrons. The Bertz CT molecular complexity index is 836.